The summed E-state index contributed by atoms with van der Waals surface area (Å²) >= 11 is 0. The highest BCUT2D eigenvalue weighted by molar-refractivity contribution is 5.88. The van der Waals surface area contributed by atoms with Crippen LogP contribution in [0.3, 0.4) is 0 Å². The molecular formula is C31H39N3O2. The first-order valence-electron chi connectivity index (χ1n) is 13.3. The maximum Gasteiger partial charge on any atom is 0.242 e. The van der Waals surface area contributed by atoms with E-state index in [0.29, 0.717) is 13.1 Å². The van der Waals surface area contributed by atoms with Gasteiger partial charge in [-0.25, -0.2) is 0 Å². The molecule has 2 atom stereocenters. The molecule has 4 rings (SSSR count). The molecule has 0 radical (unpaired) electrons. The Hall–Kier alpha value is -3.34. The Bertz CT molecular complexity index is 1120. The van der Waals surface area contributed by atoms with E-state index in [1.807, 2.05) is 66.1 Å². The third-order valence-corrected chi connectivity index (χ3v) is 7.15. The van der Waals surface area contributed by atoms with E-state index in [4.69, 9.17) is 0 Å². The van der Waals surface area contributed by atoms with Gasteiger partial charge in [-0.2, -0.15) is 0 Å². The van der Waals surface area contributed by atoms with Crippen LogP contribution in [0.5, 0.6) is 0 Å². The van der Waals surface area contributed by atoms with Gasteiger partial charge in [0.05, 0.1) is 13.1 Å². The number of unbranched alkanes of at least 4 members (excludes halogenated alkanes) is 1. The van der Waals surface area contributed by atoms with Gasteiger partial charge in [-0.15, -0.1) is 0 Å². The lowest BCUT2D eigenvalue weighted by Gasteiger charge is -2.31. The average Bonchev–Trinajstić information content (AvgIpc) is 3.58. The summed E-state index contributed by atoms with van der Waals surface area (Å²) < 4.78 is 2.20. The average molecular weight is 486 g/mol. The van der Waals surface area contributed by atoms with E-state index in [1.165, 1.54) is 11.1 Å². The minimum atomic E-state index is -0.00680. The van der Waals surface area contributed by atoms with Gasteiger partial charge in [-0.05, 0) is 55.9 Å². The van der Waals surface area contributed by atoms with Gasteiger partial charge < -0.3 is 14.4 Å². The largest absolute Gasteiger partial charge is 0.345 e. The number of hydrogen-bond acceptors (Lipinski definition) is 2. The minimum Gasteiger partial charge on any atom is -0.345 e. The second kappa shape index (κ2) is 12.1. The van der Waals surface area contributed by atoms with Gasteiger partial charge in [0.1, 0.15) is 0 Å². The number of benzene rings is 2. The van der Waals surface area contributed by atoms with Crippen LogP contribution in [0.25, 0.3) is 0 Å². The van der Waals surface area contributed by atoms with E-state index in [0.717, 1.165) is 31.5 Å². The highest BCUT2D eigenvalue weighted by Gasteiger charge is 2.46. The molecule has 190 valence electrons. The molecule has 1 aliphatic carbocycles. The number of nitrogens with zero attached hydrogens (tertiary/aromatic N) is 3. The van der Waals surface area contributed by atoms with Crippen LogP contribution in [-0.4, -0.2) is 45.3 Å². The summed E-state index contributed by atoms with van der Waals surface area (Å²) in [7, 11) is 0. The standard InChI is InChI=1S/C31H39N3O2/c1-4-5-18-33(31(36)29-20-28(29)26-15-10-7-11-16-26)23-30(35)34(24(2)3)22-27-17-12-19-32(27)21-25-13-8-6-9-14-25/h6-17,19,24,28-29H,4-5,18,20-23H2,1-3H3. The van der Waals surface area contributed by atoms with E-state index < -0.39 is 0 Å². The van der Waals surface area contributed by atoms with Crippen molar-refractivity contribution in [2.75, 3.05) is 13.1 Å². The summed E-state index contributed by atoms with van der Waals surface area (Å²) in [6.07, 6.45) is 4.84. The molecular weight excluding hydrogens is 446 g/mol. The Kier molecular flexibility index (Phi) is 8.63. The summed E-state index contributed by atoms with van der Waals surface area (Å²) in [4.78, 5) is 30.7. The first kappa shape index (κ1) is 25.7. The molecule has 0 saturated heterocycles. The Balaban J connectivity index is 1.43. The van der Waals surface area contributed by atoms with Crippen LogP contribution in [-0.2, 0) is 22.7 Å². The van der Waals surface area contributed by atoms with E-state index >= 15 is 0 Å². The lowest BCUT2D eigenvalue weighted by molar-refractivity contribution is -0.142. The van der Waals surface area contributed by atoms with Crippen molar-refractivity contribution in [1.29, 1.82) is 0 Å². The summed E-state index contributed by atoms with van der Waals surface area (Å²) in [6.45, 7) is 8.30. The van der Waals surface area contributed by atoms with Crippen LogP contribution in [0.15, 0.2) is 79.0 Å². The van der Waals surface area contributed by atoms with Gasteiger partial charge in [0, 0.05) is 36.9 Å². The van der Waals surface area contributed by atoms with Crippen LogP contribution < -0.4 is 0 Å². The zero-order valence-corrected chi connectivity index (χ0v) is 21.8. The normalized spacial score (nSPS) is 16.7. The molecule has 0 aliphatic heterocycles. The fourth-order valence-corrected chi connectivity index (χ4v) is 4.90. The molecule has 1 saturated carbocycles. The Morgan fingerprint density at radius 1 is 0.972 bits per heavy atom. The van der Waals surface area contributed by atoms with Gasteiger partial charge in [-0.1, -0.05) is 74.0 Å². The number of carbonyl (C=O) groups is 2. The zero-order valence-electron chi connectivity index (χ0n) is 21.8. The molecule has 2 unspecified atom stereocenters. The third kappa shape index (κ3) is 6.45. The third-order valence-electron chi connectivity index (χ3n) is 7.15. The molecule has 1 aromatic heterocycles. The predicted octanol–water partition coefficient (Wildman–Crippen LogP) is 5.71. The van der Waals surface area contributed by atoms with Crippen LogP contribution in [0, 0.1) is 5.92 Å². The Morgan fingerprint density at radius 3 is 2.33 bits per heavy atom. The molecule has 36 heavy (non-hydrogen) atoms. The quantitative estimate of drug-likeness (QED) is 0.330. The highest BCUT2D eigenvalue weighted by atomic mass is 16.2. The van der Waals surface area contributed by atoms with Crippen molar-refractivity contribution in [3.8, 4) is 0 Å². The first-order valence-corrected chi connectivity index (χ1v) is 13.3. The van der Waals surface area contributed by atoms with Gasteiger partial charge in [-0.3, -0.25) is 9.59 Å². The number of aromatic nitrogens is 1. The fourth-order valence-electron chi connectivity index (χ4n) is 4.90. The molecule has 2 aromatic carbocycles. The summed E-state index contributed by atoms with van der Waals surface area (Å²) in [5.74, 6) is 0.411. The second-order valence-electron chi connectivity index (χ2n) is 10.2. The van der Waals surface area contributed by atoms with Gasteiger partial charge in [0.15, 0.2) is 0 Å². The monoisotopic (exact) mass is 485 g/mol. The molecule has 3 aromatic rings. The van der Waals surface area contributed by atoms with Gasteiger partial charge >= 0.3 is 0 Å². The maximum atomic E-state index is 13.6. The molecule has 0 bridgehead atoms. The Labute approximate surface area is 215 Å². The van der Waals surface area contributed by atoms with E-state index in [9.17, 15) is 9.59 Å². The number of amides is 2. The lowest BCUT2D eigenvalue weighted by atomic mass is 10.1. The molecule has 1 fully saturated rings. The molecule has 1 heterocycles. The molecule has 5 heteroatoms. The molecule has 0 N–H and O–H groups in total. The minimum absolute atomic E-state index is 0.00680. The van der Waals surface area contributed by atoms with Crippen molar-refractivity contribution in [2.24, 2.45) is 5.92 Å². The predicted molar refractivity (Wildman–Crippen MR) is 144 cm³/mol. The fraction of sp³-hybridized carbons (Fsp3) is 0.419. The number of carbonyl (C=O) groups excluding carboxylic acids is 2. The van der Waals surface area contributed by atoms with Gasteiger partial charge in [0.25, 0.3) is 0 Å². The topological polar surface area (TPSA) is 45.6 Å². The second-order valence-corrected chi connectivity index (χ2v) is 10.2. The van der Waals surface area contributed by atoms with Crippen molar-refractivity contribution < 1.29 is 9.59 Å². The number of hydrogen-bond donors (Lipinski definition) is 0. The van der Waals surface area contributed by atoms with Crippen molar-refractivity contribution in [1.82, 2.24) is 14.4 Å². The summed E-state index contributed by atoms with van der Waals surface area (Å²) in [5, 5.41) is 0. The van der Waals surface area contributed by atoms with Crippen molar-refractivity contribution in [3.63, 3.8) is 0 Å². The smallest absolute Gasteiger partial charge is 0.242 e. The number of rotatable bonds is 12. The summed E-state index contributed by atoms with van der Waals surface area (Å²) in [6, 6.07) is 24.8. The molecule has 0 spiro atoms. The SMILES string of the molecule is CCCCN(CC(=O)N(Cc1cccn1Cc1ccccc1)C(C)C)C(=O)C1CC1c1ccccc1. The maximum absolute atomic E-state index is 13.6. The zero-order chi connectivity index (χ0) is 25.5. The summed E-state index contributed by atoms with van der Waals surface area (Å²) in [5.41, 5.74) is 3.55. The van der Waals surface area contributed by atoms with Crippen LogP contribution in [0.1, 0.15) is 62.8 Å². The lowest BCUT2D eigenvalue weighted by Crippen LogP contribution is -2.46. The van der Waals surface area contributed by atoms with Crippen molar-refractivity contribution in [3.05, 3.63) is 95.8 Å². The molecule has 2 amide bonds. The van der Waals surface area contributed by atoms with Crippen molar-refractivity contribution in [2.45, 2.75) is 65.1 Å². The van der Waals surface area contributed by atoms with E-state index in [1.54, 1.807) is 0 Å². The van der Waals surface area contributed by atoms with E-state index in [2.05, 4.69) is 48.0 Å². The van der Waals surface area contributed by atoms with E-state index in [-0.39, 0.29) is 36.2 Å². The van der Waals surface area contributed by atoms with Gasteiger partial charge in [0.2, 0.25) is 11.8 Å². The van der Waals surface area contributed by atoms with Crippen LogP contribution in [0.2, 0.25) is 0 Å². The van der Waals surface area contributed by atoms with Crippen LogP contribution in [0.4, 0.5) is 0 Å². The first-order chi connectivity index (χ1) is 17.5. The van der Waals surface area contributed by atoms with Crippen LogP contribution >= 0.6 is 0 Å². The molecule has 1 aliphatic rings. The molecule has 5 nitrogen and oxygen atoms in total. The van der Waals surface area contributed by atoms with Crippen molar-refractivity contribution >= 4 is 11.8 Å². The highest BCUT2D eigenvalue weighted by Crippen LogP contribution is 2.48. The Morgan fingerprint density at radius 2 is 1.67 bits per heavy atom.